The zero-order valence-electron chi connectivity index (χ0n) is 33.0. The lowest BCUT2D eigenvalue weighted by atomic mass is 9.87. The fraction of sp³-hybridized carbons (Fsp3) is 0.356. The summed E-state index contributed by atoms with van der Waals surface area (Å²) in [6.45, 7) is 2.48. The molecule has 4 heterocycles. The maximum atomic E-state index is 13.5. The lowest BCUT2D eigenvalue weighted by molar-refractivity contribution is -0.132. The number of nitrogens with zero attached hydrogens (tertiary/aromatic N) is 5. The van der Waals surface area contributed by atoms with Gasteiger partial charge in [0.1, 0.15) is 34.4 Å². The number of ether oxygens (including phenoxy) is 1. The third-order valence-corrected chi connectivity index (χ3v) is 11.9. The van der Waals surface area contributed by atoms with Gasteiger partial charge in [0.2, 0.25) is 5.91 Å². The van der Waals surface area contributed by atoms with Crippen LogP contribution in [0, 0.1) is 5.92 Å². The third-order valence-electron chi connectivity index (χ3n) is 11.9. The normalized spacial score (nSPS) is 19.5. The Morgan fingerprint density at radius 2 is 1.66 bits per heavy atom. The van der Waals surface area contributed by atoms with Gasteiger partial charge in [-0.1, -0.05) is 30.3 Å². The second-order valence-electron chi connectivity index (χ2n) is 15.7. The lowest BCUT2D eigenvalue weighted by Gasteiger charge is -2.38. The molecule has 1 unspecified atom stereocenters. The molecular weight excluding hydrogens is 751 g/mol. The Kier molecular flexibility index (Phi) is 11.1. The monoisotopic (exact) mass is 797 g/mol. The van der Waals surface area contributed by atoms with E-state index in [4.69, 9.17) is 15.6 Å². The molecular formula is C45H47N7O7. The molecule has 8 rings (SSSR count). The van der Waals surface area contributed by atoms with Gasteiger partial charge in [-0.3, -0.25) is 33.7 Å². The molecule has 4 amide bonds. The Morgan fingerprint density at radius 3 is 2.39 bits per heavy atom. The molecule has 1 saturated carbocycles. The summed E-state index contributed by atoms with van der Waals surface area (Å²) in [7, 11) is 1.89. The number of ketones is 2. The lowest BCUT2D eigenvalue weighted by Crippen LogP contribution is -2.47. The number of nitrogens with one attached hydrogen (secondary N) is 1. The number of imide groups is 1. The van der Waals surface area contributed by atoms with E-state index in [0.29, 0.717) is 73.0 Å². The Hall–Kier alpha value is -6.57. The maximum absolute atomic E-state index is 13.5. The van der Waals surface area contributed by atoms with Crippen LogP contribution >= 0.6 is 0 Å². The van der Waals surface area contributed by atoms with Gasteiger partial charge in [0, 0.05) is 57.5 Å². The average molecular weight is 798 g/mol. The summed E-state index contributed by atoms with van der Waals surface area (Å²) in [4.78, 5) is 82.0. The van der Waals surface area contributed by atoms with Crippen LogP contribution in [0.4, 0.5) is 5.82 Å². The van der Waals surface area contributed by atoms with Crippen LogP contribution in [0.15, 0.2) is 85.1 Å². The van der Waals surface area contributed by atoms with Crippen LogP contribution in [0.5, 0.6) is 11.5 Å². The number of para-hydroxylation sites is 1. The summed E-state index contributed by atoms with van der Waals surface area (Å²) in [5, 5.41) is 8.34. The minimum absolute atomic E-state index is 0.0421. The third kappa shape index (κ3) is 7.99. The molecule has 3 N–H and O–H groups in total. The zero-order valence-corrected chi connectivity index (χ0v) is 33.0. The van der Waals surface area contributed by atoms with Crippen molar-refractivity contribution >= 4 is 41.0 Å². The molecule has 1 aliphatic carbocycles. The number of piperidine rings is 1. The van der Waals surface area contributed by atoms with E-state index in [-0.39, 0.29) is 48.7 Å². The smallest absolute Gasteiger partial charge is 0.262 e. The van der Waals surface area contributed by atoms with Gasteiger partial charge >= 0.3 is 0 Å². The molecule has 59 heavy (non-hydrogen) atoms. The van der Waals surface area contributed by atoms with Crippen LogP contribution in [-0.4, -0.2) is 98.9 Å². The number of amides is 4. The first-order valence-electron chi connectivity index (χ1n) is 20.3. The van der Waals surface area contributed by atoms with E-state index in [0.717, 1.165) is 41.0 Å². The SMILES string of the molecule is CN(/C=C/C(=O)N1CCC([C@@H]2CCNc3c(C(N)=O)c(-c4ccc(Oc5ccccc5)cc4)nn32)CC1)CCCc1cccc2c1C(=O)N(C1CCC(=O)CC1=O)C2=O. The van der Waals surface area contributed by atoms with Crippen molar-refractivity contribution in [1.29, 1.82) is 0 Å². The van der Waals surface area contributed by atoms with Gasteiger partial charge in [0.05, 0.1) is 29.6 Å². The van der Waals surface area contributed by atoms with Crippen molar-refractivity contribution in [2.75, 3.05) is 38.5 Å². The molecule has 1 saturated heterocycles. The number of fused-ring (bicyclic) bond motifs is 2. The minimum Gasteiger partial charge on any atom is -0.457 e. The van der Waals surface area contributed by atoms with E-state index in [1.54, 1.807) is 24.4 Å². The van der Waals surface area contributed by atoms with Gasteiger partial charge in [0.15, 0.2) is 5.78 Å². The number of carbonyl (C=O) groups is 6. The number of Topliss-reactive ketones (excluding diaryl/α,β-unsaturated/α-hetero) is 2. The molecule has 0 bridgehead atoms. The number of primary amides is 1. The molecule has 2 fully saturated rings. The van der Waals surface area contributed by atoms with Gasteiger partial charge in [-0.15, -0.1) is 0 Å². The Balaban J connectivity index is 0.846. The van der Waals surface area contributed by atoms with Crippen LogP contribution in [-0.2, 0) is 20.8 Å². The Bertz CT molecular complexity index is 2330. The van der Waals surface area contributed by atoms with Crippen LogP contribution in [0.3, 0.4) is 0 Å². The van der Waals surface area contributed by atoms with Crippen molar-refractivity contribution in [3.63, 3.8) is 0 Å². The standard InChI is InChI=1S/C45H47N7O7/c1-49(23-6-8-29-7-5-11-34-39(29)45(58)51(44(34)57)36-17-14-31(53)27-37(36)54)24-21-38(55)50-25-19-28(20-26-50)35-18-22-47-43-40(42(46)56)41(48-52(35)43)30-12-15-33(16-13-30)59-32-9-3-2-4-10-32/h2-5,7,9-13,15-16,21,24,28,35-36,47H,6,8,14,17-20,22-23,25-27H2,1H3,(H2,46,56)/b24-21+/t35-,36?/m0/s1. The maximum Gasteiger partial charge on any atom is 0.262 e. The Labute approximate surface area is 342 Å². The molecule has 2 atom stereocenters. The van der Waals surface area contributed by atoms with Crippen LogP contribution in [0.25, 0.3) is 11.3 Å². The van der Waals surface area contributed by atoms with Crippen molar-refractivity contribution in [2.45, 2.75) is 63.5 Å². The quantitative estimate of drug-likeness (QED) is 0.107. The number of hydrogen-bond donors (Lipinski definition) is 2. The summed E-state index contributed by atoms with van der Waals surface area (Å²) in [5.74, 6) is 0.147. The zero-order chi connectivity index (χ0) is 41.2. The fourth-order valence-electron chi connectivity index (χ4n) is 8.87. The number of likely N-dealkylation sites (tertiary alicyclic amines) is 1. The first-order valence-corrected chi connectivity index (χ1v) is 20.3. The van der Waals surface area contributed by atoms with Crippen molar-refractivity contribution in [3.05, 3.63) is 107 Å². The fourth-order valence-corrected chi connectivity index (χ4v) is 8.87. The van der Waals surface area contributed by atoms with E-state index >= 15 is 0 Å². The number of anilines is 1. The largest absolute Gasteiger partial charge is 0.457 e. The number of hydrogen-bond acceptors (Lipinski definition) is 10. The number of nitrogens with two attached hydrogens (primary N) is 1. The van der Waals surface area contributed by atoms with Crippen molar-refractivity contribution in [3.8, 4) is 22.8 Å². The van der Waals surface area contributed by atoms with Crippen LogP contribution in [0.1, 0.15) is 87.6 Å². The second kappa shape index (κ2) is 16.7. The highest BCUT2D eigenvalue weighted by Crippen LogP contribution is 2.40. The molecule has 3 aliphatic heterocycles. The molecule has 14 nitrogen and oxygen atoms in total. The summed E-state index contributed by atoms with van der Waals surface area (Å²) in [6.07, 6.45) is 7.05. The van der Waals surface area contributed by atoms with Crippen molar-refractivity contribution in [1.82, 2.24) is 24.5 Å². The first kappa shape index (κ1) is 39.3. The van der Waals surface area contributed by atoms with Gasteiger partial charge < -0.3 is 25.6 Å². The highest BCUT2D eigenvalue weighted by Gasteiger charge is 2.45. The highest BCUT2D eigenvalue weighted by molar-refractivity contribution is 6.24. The first-order chi connectivity index (χ1) is 28.6. The number of aryl methyl sites for hydroxylation is 1. The number of carbonyl (C=O) groups excluding carboxylic acids is 6. The number of aromatic nitrogens is 2. The topological polar surface area (TPSA) is 177 Å². The Morgan fingerprint density at radius 1 is 0.915 bits per heavy atom. The second-order valence-corrected chi connectivity index (χ2v) is 15.7. The highest BCUT2D eigenvalue weighted by atomic mass is 16.5. The van der Waals surface area contributed by atoms with Crippen LogP contribution < -0.4 is 15.8 Å². The summed E-state index contributed by atoms with van der Waals surface area (Å²) in [6, 6.07) is 21.3. The van der Waals surface area contributed by atoms with Gasteiger partial charge in [-0.05, 0) is 92.5 Å². The van der Waals surface area contributed by atoms with E-state index in [9.17, 15) is 28.8 Å². The summed E-state index contributed by atoms with van der Waals surface area (Å²) in [5.41, 5.74) is 8.95. The van der Waals surface area contributed by atoms with Crippen molar-refractivity contribution in [2.24, 2.45) is 11.7 Å². The molecule has 4 aliphatic rings. The van der Waals surface area contributed by atoms with E-state index in [1.807, 2.05) is 82.2 Å². The number of rotatable bonds is 12. The van der Waals surface area contributed by atoms with E-state index in [2.05, 4.69) is 5.32 Å². The molecule has 0 radical (unpaired) electrons. The number of benzene rings is 3. The average Bonchev–Trinajstić information content (AvgIpc) is 3.76. The van der Waals surface area contributed by atoms with Crippen LogP contribution in [0.2, 0.25) is 0 Å². The van der Waals surface area contributed by atoms with Gasteiger partial charge in [0.25, 0.3) is 17.7 Å². The van der Waals surface area contributed by atoms with E-state index < -0.39 is 23.8 Å². The summed E-state index contributed by atoms with van der Waals surface area (Å²) >= 11 is 0. The summed E-state index contributed by atoms with van der Waals surface area (Å²) < 4.78 is 7.88. The van der Waals surface area contributed by atoms with Gasteiger partial charge in [-0.2, -0.15) is 5.10 Å². The minimum atomic E-state index is -0.900. The van der Waals surface area contributed by atoms with Crippen molar-refractivity contribution < 1.29 is 33.5 Å². The predicted molar refractivity (Wildman–Crippen MR) is 219 cm³/mol. The molecule has 1 aromatic heterocycles. The molecule has 0 spiro atoms. The molecule has 304 valence electrons. The van der Waals surface area contributed by atoms with E-state index in [1.165, 1.54) is 0 Å². The molecule has 3 aromatic carbocycles. The van der Waals surface area contributed by atoms with Gasteiger partial charge in [-0.25, -0.2) is 4.68 Å². The molecule has 4 aromatic rings. The molecule has 14 heteroatoms. The predicted octanol–water partition coefficient (Wildman–Crippen LogP) is 5.40.